The first-order valence-corrected chi connectivity index (χ1v) is 3.87. The van der Waals surface area contributed by atoms with E-state index in [0.29, 0.717) is 11.0 Å². The third kappa shape index (κ3) is 6.68. The molecule has 0 spiro atoms. The highest BCUT2D eigenvalue weighted by molar-refractivity contribution is 6.58. The van der Waals surface area contributed by atoms with Crippen LogP contribution in [0.1, 0.15) is 5.56 Å². The standard InChI is InChI=1S/C7H6BNO2.BH3O3/c9-5-6-1-3-7(4-2-6)8(10)11;2-1(3)4/h1-4,10-11H;2-4H. The highest BCUT2D eigenvalue weighted by Gasteiger charge is 2.08. The van der Waals surface area contributed by atoms with Crippen molar-refractivity contribution in [1.82, 2.24) is 0 Å². The zero-order valence-corrected chi connectivity index (χ0v) is 7.65. The maximum absolute atomic E-state index is 8.66. The molecule has 0 radical (unpaired) electrons. The summed E-state index contributed by atoms with van der Waals surface area (Å²) < 4.78 is 0. The highest BCUT2D eigenvalue weighted by Crippen LogP contribution is 1.93. The molecule has 0 aliphatic heterocycles. The van der Waals surface area contributed by atoms with Crippen LogP contribution in [0.3, 0.4) is 0 Å². The molecular formula is C7H9B2NO5. The van der Waals surface area contributed by atoms with E-state index in [1.165, 1.54) is 24.3 Å². The van der Waals surface area contributed by atoms with Crippen LogP contribution in [0.2, 0.25) is 0 Å². The largest absolute Gasteiger partial charge is 0.631 e. The lowest BCUT2D eigenvalue weighted by Crippen LogP contribution is -2.29. The van der Waals surface area contributed by atoms with Gasteiger partial charge in [-0.3, -0.25) is 0 Å². The van der Waals surface area contributed by atoms with E-state index in [4.69, 9.17) is 30.4 Å². The predicted octanol–water partition coefficient (Wildman–Crippen LogP) is -2.81. The third-order valence-electron chi connectivity index (χ3n) is 1.34. The molecule has 0 amide bonds. The average Bonchev–Trinajstić information content (AvgIpc) is 2.17. The van der Waals surface area contributed by atoms with Crippen molar-refractivity contribution in [2.75, 3.05) is 0 Å². The molecule has 0 fully saturated rings. The second kappa shape index (κ2) is 7.00. The minimum absolute atomic E-state index is 0.393. The molecule has 0 saturated carbocycles. The minimum atomic E-state index is -2.17. The zero-order chi connectivity index (χ0) is 11.8. The van der Waals surface area contributed by atoms with Gasteiger partial charge in [0.2, 0.25) is 0 Å². The van der Waals surface area contributed by atoms with Crippen molar-refractivity contribution in [3.63, 3.8) is 0 Å². The van der Waals surface area contributed by atoms with E-state index in [1.807, 2.05) is 6.07 Å². The van der Waals surface area contributed by atoms with Gasteiger partial charge in [0.25, 0.3) is 0 Å². The van der Waals surface area contributed by atoms with Gasteiger partial charge in [-0.05, 0) is 17.6 Å². The van der Waals surface area contributed by atoms with Crippen molar-refractivity contribution in [2.24, 2.45) is 0 Å². The Morgan fingerprint density at radius 2 is 1.33 bits per heavy atom. The van der Waals surface area contributed by atoms with Crippen molar-refractivity contribution in [3.8, 4) is 6.07 Å². The summed E-state index contributed by atoms with van der Waals surface area (Å²) in [4.78, 5) is 0. The van der Waals surface area contributed by atoms with Crippen LogP contribution in [0.4, 0.5) is 0 Å². The second-order valence-corrected chi connectivity index (χ2v) is 2.45. The van der Waals surface area contributed by atoms with Crippen molar-refractivity contribution in [1.29, 1.82) is 5.26 Å². The van der Waals surface area contributed by atoms with E-state index in [0.717, 1.165) is 0 Å². The van der Waals surface area contributed by atoms with Gasteiger partial charge in [-0.25, -0.2) is 0 Å². The van der Waals surface area contributed by atoms with Crippen LogP contribution in [-0.4, -0.2) is 39.6 Å². The minimum Gasteiger partial charge on any atom is -0.423 e. The van der Waals surface area contributed by atoms with Gasteiger partial charge in [0.15, 0.2) is 0 Å². The summed E-state index contributed by atoms with van der Waals surface area (Å²) in [6.07, 6.45) is 0. The van der Waals surface area contributed by atoms with Crippen LogP contribution >= 0.6 is 0 Å². The topological polar surface area (TPSA) is 125 Å². The second-order valence-electron chi connectivity index (χ2n) is 2.45. The van der Waals surface area contributed by atoms with E-state index >= 15 is 0 Å². The molecule has 0 aromatic heterocycles. The molecule has 1 aromatic rings. The van der Waals surface area contributed by atoms with Gasteiger partial charge in [0, 0.05) is 0 Å². The van der Waals surface area contributed by atoms with E-state index in [1.54, 1.807) is 0 Å². The number of nitriles is 1. The third-order valence-corrected chi connectivity index (χ3v) is 1.34. The van der Waals surface area contributed by atoms with Gasteiger partial charge < -0.3 is 25.1 Å². The van der Waals surface area contributed by atoms with Crippen molar-refractivity contribution in [3.05, 3.63) is 29.8 Å². The normalized spacial score (nSPS) is 8.27. The maximum atomic E-state index is 8.66. The zero-order valence-electron chi connectivity index (χ0n) is 7.65. The molecule has 0 unspecified atom stereocenters. The summed E-state index contributed by atoms with van der Waals surface area (Å²) in [6.45, 7) is 0. The number of benzene rings is 1. The quantitative estimate of drug-likeness (QED) is 0.317. The number of rotatable bonds is 1. The summed E-state index contributed by atoms with van der Waals surface area (Å²) in [6, 6.07) is 8.01. The first kappa shape index (κ1) is 13.6. The van der Waals surface area contributed by atoms with Crippen LogP contribution in [0.5, 0.6) is 0 Å². The molecular weight excluding hydrogens is 200 g/mol. The SMILES string of the molecule is N#Cc1ccc(B(O)O)cc1.OB(O)O. The monoisotopic (exact) mass is 209 g/mol. The van der Waals surface area contributed by atoms with Gasteiger partial charge in [-0.1, -0.05) is 12.1 Å². The lowest BCUT2D eigenvalue weighted by atomic mass is 9.80. The Labute approximate surface area is 87.0 Å². The smallest absolute Gasteiger partial charge is 0.423 e. The Morgan fingerprint density at radius 3 is 1.60 bits per heavy atom. The molecule has 6 nitrogen and oxygen atoms in total. The lowest BCUT2D eigenvalue weighted by Gasteiger charge is -1.96. The van der Waals surface area contributed by atoms with Crippen LogP contribution in [0, 0.1) is 11.3 Å². The molecule has 15 heavy (non-hydrogen) atoms. The average molecular weight is 209 g/mol. The van der Waals surface area contributed by atoms with Gasteiger partial charge in [0.1, 0.15) is 0 Å². The van der Waals surface area contributed by atoms with Crippen LogP contribution in [0.15, 0.2) is 24.3 Å². The maximum Gasteiger partial charge on any atom is 0.631 e. The van der Waals surface area contributed by atoms with E-state index in [2.05, 4.69) is 0 Å². The van der Waals surface area contributed by atoms with Gasteiger partial charge in [0.05, 0.1) is 11.6 Å². The summed E-state index contributed by atoms with van der Waals surface area (Å²) >= 11 is 0. The Balaban J connectivity index is 0.000000423. The summed E-state index contributed by atoms with van der Waals surface area (Å²) in [5.74, 6) is 0. The summed E-state index contributed by atoms with van der Waals surface area (Å²) in [7, 11) is -3.62. The summed E-state index contributed by atoms with van der Waals surface area (Å²) in [5.41, 5.74) is 0.901. The number of nitrogens with zero attached hydrogens (tertiary/aromatic N) is 1. The number of hydrogen-bond acceptors (Lipinski definition) is 6. The first-order chi connectivity index (χ1) is 6.97. The van der Waals surface area contributed by atoms with Crippen LogP contribution in [0.25, 0.3) is 0 Å². The molecule has 8 heteroatoms. The Hall–Kier alpha value is -1.36. The van der Waals surface area contributed by atoms with Crippen molar-refractivity contribution in [2.45, 2.75) is 0 Å². The molecule has 1 aromatic carbocycles. The fourth-order valence-electron chi connectivity index (χ4n) is 0.730. The molecule has 0 heterocycles. The van der Waals surface area contributed by atoms with Crippen LogP contribution in [-0.2, 0) is 0 Å². The van der Waals surface area contributed by atoms with Gasteiger partial charge in [-0.15, -0.1) is 0 Å². The molecule has 0 aliphatic carbocycles. The molecule has 5 N–H and O–H groups in total. The molecule has 0 saturated heterocycles. The fraction of sp³-hybridized carbons (Fsp3) is 0. The number of hydrogen-bond donors (Lipinski definition) is 5. The van der Waals surface area contributed by atoms with Gasteiger partial charge in [-0.2, -0.15) is 5.26 Å². The Morgan fingerprint density at radius 1 is 0.933 bits per heavy atom. The Bertz CT molecular complexity index is 318. The lowest BCUT2D eigenvalue weighted by molar-refractivity contribution is 0.278. The predicted molar refractivity (Wildman–Crippen MR) is 53.4 cm³/mol. The highest BCUT2D eigenvalue weighted by atomic mass is 16.5. The van der Waals surface area contributed by atoms with E-state index < -0.39 is 14.4 Å². The molecule has 0 bridgehead atoms. The molecule has 78 valence electrons. The first-order valence-electron chi connectivity index (χ1n) is 3.87. The van der Waals surface area contributed by atoms with E-state index in [-0.39, 0.29) is 0 Å². The Kier molecular flexibility index (Phi) is 6.37. The van der Waals surface area contributed by atoms with Crippen LogP contribution < -0.4 is 5.46 Å². The van der Waals surface area contributed by atoms with E-state index in [9.17, 15) is 0 Å². The van der Waals surface area contributed by atoms with Crippen molar-refractivity contribution < 1.29 is 25.1 Å². The molecule has 0 atom stereocenters. The van der Waals surface area contributed by atoms with Crippen molar-refractivity contribution >= 4 is 19.9 Å². The molecule has 0 aliphatic rings. The molecule has 1 rings (SSSR count). The fourth-order valence-corrected chi connectivity index (χ4v) is 0.730. The summed E-state index contributed by atoms with van der Waals surface area (Å²) in [5, 5.41) is 47.2. The van der Waals surface area contributed by atoms with Gasteiger partial charge >= 0.3 is 14.4 Å².